The third-order valence-electron chi connectivity index (χ3n) is 2.27. The van der Waals surface area contributed by atoms with Crippen molar-refractivity contribution in [3.8, 4) is 0 Å². The van der Waals surface area contributed by atoms with E-state index >= 15 is 0 Å². The Morgan fingerprint density at radius 3 is 2.43 bits per heavy atom. The third-order valence-corrected chi connectivity index (χ3v) is 3.61. The van der Waals surface area contributed by atoms with Crippen LogP contribution in [-0.2, 0) is 6.42 Å². The first kappa shape index (κ1) is 11.6. The Morgan fingerprint density at radius 2 is 1.93 bits per heavy atom. The monoisotopic (exact) mass is 209 g/mol. The first-order valence-electron chi connectivity index (χ1n) is 5.18. The molecule has 0 saturated heterocycles. The predicted molar refractivity (Wildman–Crippen MR) is 64.8 cm³/mol. The zero-order valence-corrected chi connectivity index (χ0v) is 9.81. The molecule has 0 aliphatic carbocycles. The van der Waals surface area contributed by atoms with Crippen LogP contribution in [0, 0.1) is 5.92 Å². The van der Waals surface area contributed by atoms with E-state index < -0.39 is 0 Å². The van der Waals surface area contributed by atoms with E-state index in [1.807, 2.05) is 11.8 Å². The maximum atomic E-state index is 5.57. The van der Waals surface area contributed by atoms with Gasteiger partial charge in [-0.1, -0.05) is 26.0 Å². The van der Waals surface area contributed by atoms with E-state index in [0.717, 1.165) is 18.7 Å². The van der Waals surface area contributed by atoms with Gasteiger partial charge in [-0.2, -0.15) is 0 Å². The average Bonchev–Trinajstić information content (AvgIpc) is 2.26. The fourth-order valence-corrected chi connectivity index (χ4v) is 2.07. The van der Waals surface area contributed by atoms with Crippen molar-refractivity contribution in [2.75, 3.05) is 12.3 Å². The summed E-state index contributed by atoms with van der Waals surface area (Å²) in [4.78, 5) is 1.35. The van der Waals surface area contributed by atoms with Crippen LogP contribution < -0.4 is 5.73 Å². The van der Waals surface area contributed by atoms with Crippen molar-refractivity contribution in [1.82, 2.24) is 0 Å². The molecule has 0 spiro atoms. The van der Waals surface area contributed by atoms with Gasteiger partial charge in [0.25, 0.3) is 0 Å². The van der Waals surface area contributed by atoms with Gasteiger partial charge in [0.05, 0.1) is 0 Å². The second-order valence-corrected chi connectivity index (χ2v) is 4.74. The first-order valence-corrected chi connectivity index (χ1v) is 6.16. The molecule has 14 heavy (non-hydrogen) atoms. The minimum Gasteiger partial charge on any atom is -0.330 e. The molecule has 2 N–H and O–H groups in total. The largest absolute Gasteiger partial charge is 0.330 e. The average molecular weight is 209 g/mol. The lowest BCUT2D eigenvalue weighted by molar-refractivity contribution is 0.675. The Hall–Kier alpha value is -0.470. The Balaban J connectivity index is 2.43. The zero-order valence-electron chi connectivity index (χ0n) is 8.99. The second kappa shape index (κ2) is 6.10. The molecule has 1 aromatic carbocycles. The molecule has 2 heteroatoms. The minimum atomic E-state index is 0.603. The van der Waals surface area contributed by atoms with Crippen molar-refractivity contribution in [3.63, 3.8) is 0 Å². The summed E-state index contributed by atoms with van der Waals surface area (Å²) in [5.41, 5.74) is 6.97. The van der Waals surface area contributed by atoms with Gasteiger partial charge < -0.3 is 5.73 Å². The number of aryl methyl sites for hydroxylation is 1. The number of hydrogen-bond donors (Lipinski definition) is 1. The van der Waals surface area contributed by atoms with Gasteiger partial charge in [0.2, 0.25) is 0 Å². The van der Waals surface area contributed by atoms with Crippen LogP contribution in [0.25, 0.3) is 0 Å². The highest BCUT2D eigenvalue weighted by Crippen LogP contribution is 2.20. The van der Waals surface area contributed by atoms with Crippen LogP contribution in [0.15, 0.2) is 29.2 Å². The van der Waals surface area contributed by atoms with Crippen LogP contribution in [0.2, 0.25) is 0 Å². The van der Waals surface area contributed by atoms with Crippen molar-refractivity contribution in [3.05, 3.63) is 29.8 Å². The molecule has 0 aromatic heterocycles. The second-order valence-electron chi connectivity index (χ2n) is 3.65. The molecule has 0 bridgehead atoms. The molecule has 1 aromatic rings. The van der Waals surface area contributed by atoms with Gasteiger partial charge >= 0.3 is 0 Å². The molecular formula is C12H19NS. The molecule has 1 atom stereocenters. The topological polar surface area (TPSA) is 26.0 Å². The van der Waals surface area contributed by atoms with Gasteiger partial charge in [-0.25, -0.2) is 0 Å². The summed E-state index contributed by atoms with van der Waals surface area (Å²) < 4.78 is 0. The molecule has 0 amide bonds. The van der Waals surface area contributed by atoms with E-state index in [9.17, 15) is 0 Å². The first-order chi connectivity index (χ1) is 6.76. The number of nitrogens with two attached hydrogens (primary N) is 1. The summed E-state index contributed by atoms with van der Waals surface area (Å²) in [5.74, 6) is 1.72. The Morgan fingerprint density at radius 1 is 1.29 bits per heavy atom. The summed E-state index contributed by atoms with van der Waals surface area (Å²) >= 11 is 1.89. The summed E-state index contributed by atoms with van der Waals surface area (Å²) in [6.45, 7) is 5.14. The molecule has 0 fully saturated rings. The Kier molecular flexibility index (Phi) is 5.05. The van der Waals surface area contributed by atoms with E-state index in [4.69, 9.17) is 5.73 Å². The minimum absolute atomic E-state index is 0.603. The highest BCUT2D eigenvalue weighted by Gasteiger charge is 2.00. The van der Waals surface area contributed by atoms with Gasteiger partial charge in [0.15, 0.2) is 0 Å². The molecule has 1 rings (SSSR count). The summed E-state index contributed by atoms with van der Waals surface area (Å²) in [6.07, 6.45) is 1.12. The lowest BCUT2D eigenvalue weighted by Crippen LogP contribution is -2.12. The molecule has 78 valence electrons. The van der Waals surface area contributed by atoms with E-state index in [0.29, 0.717) is 5.92 Å². The lowest BCUT2D eigenvalue weighted by atomic mass is 10.2. The van der Waals surface area contributed by atoms with Crippen molar-refractivity contribution in [1.29, 1.82) is 0 Å². The van der Waals surface area contributed by atoms with Crippen LogP contribution in [0.3, 0.4) is 0 Å². The van der Waals surface area contributed by atoms with Gasteiger partial charge in [-0.05, 0) is 36.6 Å². The number of benzene rings is 1. The maximum Gasteiger partial charge on any atom is 0.00722 e. The molecule has 0 heterocycles. The van der Waals surface area contributed by atoms with Gasteiger partial charge in [0, 0.05) is 10.6 Å². The number of thioether (sulfide) groups is 1. The normalized spacial score (nSPS) is 12.8. The standard InChI is InChI=1S/C12H19NS/c1-3-11-4-6-12(7-5-11)14-9-10(2)8-13/h4-7,10H,3,8-9,13H2,1-2H3/t10-/m1/s1. The third kappa shape index (κ3) is 3.72. The summed E-state index contributed by atoms with van der Waals surface area (Å²) in [7, 11) is 0. The van der Waals surface area contributed by atoms with Crippen LogP contribution in [0.5, 0.6) is 0 Å². The van der Waals surface area contributed by atoms with Crippen molar-refractivity contribution in [2.24, 2.45) is 11.7 Å². The molecule has 0 radical (unpaired) electrons. The zero-order chi connectivity index (χ0) is 10.4. The highest BCUT2D eigenvalue weighted by molar-refractivity contribution is 7.99. The fourth-order valence-electron chi connectivity index (χ4n) is 1.13. The Labute approximate surface area is 91.1 Å². The molecule has 0 saturated carbocycles. The molecule has 1 nitrogen and oxygen atoms in total. The summed E-state index contributed by atoms with van der Waals surface area (Å²) in [5, 5.41) is 0. The molecule has 0 unspecified atom stereocenters. The van der Waals surface area contributed by atoms with E-state index in [1.165, 1.54) is 10.5 Å². The molecule has 0 aliphatic heterocycles. The van der Waals surface area contributed by atoms with E-state index in [2.05, 4.69) is 38.1 Å². The molecular weight excluding hydrogens is 190 g/mol. The number of hydrogen-bond acceptors (Lipinski definition) is 2. The maximum absolute atomic E-state index is 5.57. The van der Waals surface area contributed by atoms with Crippen molar-refractivity contribution < 1.29 is 0 Å². The van der Waals surface area contributed by atoms with Crippen molar-refractivity contribution in [2.45, 2.75) is 25.2 Å². The van der Waals surface area contributed by atoms with Crippen LogP contribution >= 0.6 is 11.8 Å². The Bertz CT molecular complexity index is 256. The SMILES string of the molecule is CCc1ccc(SC[C@H](C)CN)cc1. The van der Waals surface area contributed by atoms with Gasteiger partial charge in [-0.3, -0.25) is 0 Å². The number of rotatable bonds is 5. The van der Waals surface area contributed by atoms with Crippen LogP contribution in [-0.4, -0.2) is 12.3 Å². The van der Waals surface area contributed by atoms with Crippen LogP contribution in [0.4, 0.5) is 0 Å². The lowest BCUT2D eigenvalue weighted by Gasteiger charge is -2.07. The van der Waals surface area contributed by atoms with E-state index in [1.54, 1.807) is 0 Å². The quantitative estimate of drug-likeness (QED) is 0.755. The highest BCUT2D eigenvalue weighted by atomic mass is 32.2. The smallest absolute Gasteiger partial charge is 0.00722 e. The molecule has 0 aliphatic rings. The van der Waals surface area contributed by atoms with Gasteiger partial charge in [0.1, 0.15) is 0 Å². The summed E-state index contributed by atoms with van der Waals surface area (Å²) in [6, 6.07) is 8.81. The van der Waals surface area contributed by atoms with Crippen LogP contribution in [0.1, 0.15) is 19.4 Å². The predicted octanol–water partition coefficient (Wildman–Crippen LogP) is 2.94. The fraction of sp³-hybridized carbons (Fsp3) is 0.500. The van der Waals surface area contributed by atoms with E-state index in [-0.39, 0.29) is 0 Å². The van der Waals surface area contributed by atoms with Gasteiger partial charge in [-0.15, -0.1) is 11.8 Å². The van der Waals surface area contributed by atoms with Crippen molar-refractivity contribution >= 4 is 11.8 Å².